The lowest BCUT2D eigenvalue weighted by molar-refractivity contribution is -0.385. The summed E-state index contributed by atoms with van der Waals surface area (Å²) in [6.45, 7) is 5.23. The molecule has 0 N–H and O–H groups in total. The molecule has 17 heavy (non-hydrogen) atoms. The van der Waals surface area contributed by atoms with E-state index in [2.05, 4.69) is 10.2 Å². The number of aryl methyl sites for hydroxylation is 2. The van der Waals surface area contributed by atoms with Crippen LogP contribution in [0.1, 0.15) is 18.2 Å². The number of hydrogen-bond acceptors (Lipinski definition) is 4. The van der Waals surface area contributed by atoms with Crippen molar-refractivity contribution >= 4 is 5.69 Å². The molecule has 0 atom stereocenters. The second-order valence-corrected chi connectivity index (χ2v) is 3.75. The fraction of sp³-hybridized carbons (Fsp3) is 0.400. The summed E-state index contributed by atoms with van der Waals surface area (Å²) >= 11 is 0. The van der Waals surface area contributed by atoms with Crippen LogP contribution in [0.2, 0.25) is 0 Å². The Morgan fingerprint density at radius 1 is 1.41 bits per heavy atom. The molecule has 0 aromatic carbocycles. The second-order valence-electron chi connectivity index (χ2n) is 3.75. The predicted molar refractivity (Wildman–Crippen MR) is 60.6 cm³/mol. The quantitative estimate of drug-likeness (QED) is 0.592. The molecule has 7 nitrogen and oxygen atoms in total. The van der Waals surface area contributed by atoms with Crippen LogP contribution in [0.4, 0.5) is 5.69 Å². The van der Waals surface area contributed by atoms with Crippen molar-refractivity contribution in [1.29, 1.82) is 0 Å². The third kappa shape index (κ3) is 2.32. The molecule has 0 bridgehead atoms. The standard InChI is InChI=1S/C10H13N5O2/c1-3-13-5-9(8(2)12-13)6-14-7-10(4-11-14)15(16)17/h4-5,7H,3,6H2,1-2H3. The van der Waals surface area contributed by atoms with Crippen LogP contribution < -0.4 is 0 Å². The van der Waals surface area contributed by atoms with Gasteiger partial charge in [-0.15, -0.1) is 0 Å². The summed E-state index contributed by atoms with van der Waals surface area (Å²) in [5, 5.41) is 18.8. The number of nitrogens with zero attached hydrogens (tertiary/aromatic N) is 5. The second kappa shape index (κ2) is 4.36. The molecule has 0 amide bonds. The van der Waals surface area contributed by atoms with E-state index in [4.69, 9.17) is 0 Å². The van der Waals surface area contributed by atoms with Crippen molar-refractivity contribution in [1.82, 2.24) is 19.6 Å². The van der Waals surface area contributed by atoms with E-state index in [1.54, 1.807) is 4.68 Å². The molecule has 0 aliphatic heterocycles. The average molecular weight is 235 g/mol. The molecule has 0 aliphatic carbocycles. The van der Waals surface area contributed by atoms with Crippen molar-refractivity contribution in [2.75, 3.05) is 0 Å². The average Bonchev–Trinajstić information content (AvgIpc) is 2.87. The first-order chi connectivity index (χ1) is 8.10. The van der Waals surface area contributed by atoms with Crippen molar-refractivity contribution in [3.8, 4) is 0 Å². The monoisotopic (exact) mass is 235 g/mol. The van der Waals surface area contributed by atoms with Gasteiger partial charge < -0.3 is 0 Å². The summed E-state index contributed by atoms with van der Waals surface area (Å²) in [7, 11) is 0. The summed E-state index contributed by atoms with van der Waals surface area (Å²) in [6, 6.07) is 0. The van der Waals surface area contributed by atoms with E-state index in [0.717, 1.165) is 17.8 Å². The van der Waals surface area contributed by atoms with E-state index in [0.29, 0.717) is 6.54 Å². The van der Waals surface area contributed by atoms with Gasteiger partial charge in [0.25, 0.3) is 0 Å². The number of rotatable bonds is 4. The molecule has 0 unspecified atom stereocenters. The van der Waals surface area contributed by atoms with Crippen LogP contribution in [0, 0.1) is 17.0 Å². The van der Waals surface area contributed by atoms with Crippen LogP contribution in [0.5, 0.6) is 0 Å². The Hall–Kier alpha value is -2.18. The maximum Gasteiger partial charge on any atom is 0.307 e. The first-order valence-electron chi connectivity index (χ1n) is 5.30. The SMILES string of the molecule is CCn1cc(Cn2cc([N+](=O)[O-])cn2)c(C)n1. The van der Waals surface area contributed by atoms with E-state index >= 15 is 0 Å². The van der Waals surface area contributed by atoms with Gasteiger partial charge in [0.2, 0.25) is 0 Å². The predicted octanol–water partition coefficient (Wildman–Crippen LogP) is 1.36. The van der Waals surface area contributed by atoms with Gasteiger partial charge >= 0.3 is 5.69 Å². The molecule has 2 aromatic heterocycles. The molecule has 0 saturated carbocycles. The zero-order valence-electron chi connectivity index (χ0n) is 9.70. The molecule has 0 spiro atoms. The van der Waals surface area contributed by atoms with Crippen LogP contribution in [-0.2, 0) is 13.1 Å². The number of aromatic nitrogens is 4. The fourth-order valence-corrected chi connectivity index (χ4v) is 1.58. The maximum atomic E-state index is 10.5. The van der Waals surface area contributed by atoms with Gasteiger partial charge in [-0.25, -0.2) is 0 Å². The van der Waals surface area contributed by atoms with Crippen LogP contribution in [0.3, 0.4) is 0 Å². The molecular weight excluding hydrogens is 222 g/mol. The smallest absolute Gasteiger partial charge is 0.272 e. The van der Waals surface area contributed by atoms with Crippen molar-refractivity contribution in [2.24, 2.45) is 0 Å². The van der Waals surface area contributed by atoms with E-state index in [-0.39, 0.29) is 5.69 Å². The number of hydrogen-bond donors (Lipinski definition) is 0. The minimum Gasteiger partial charge on any atom is -0.272 e. The highest BCUT2D eigenvalue weighted by molar-refractivity contribution is 5.22. The van der Waals surface area contributed by atoms with Gasteiger partial charge in [-0.2, -0.15) is 10.2 Å². The maximum absolute atomic E-state index is 10.5. The lowest BCUT2D eigenvalue weighted by Gasteiger charge is -1.97. The molecule has 0 radical (unpaired) electrons. The molecule has 90 valence electrons. The van der Waals surface area contributed by atoms with Crippen molar-refractivity contribution in [3.63, 3.8) is 0 Å². The highest BCUT2D eigenvalue weighted by Gasteiger charge is 2.11. The topological polar surface area (TPSA) is 78.8 Å². The summed E-state index contributed by atoms with van der Waals surface area (Å²) in [5.41, 5.74) is 1.94. The van der Waals surface area contributed by atoms with Gasteiger partial charge in [-0.05, 0) is 13.8 Å². The summed E-state index contributed by atoms with van der Waals surface area (Å²) in [5.74, 6) is 0. The first-order valence-corrected chi connectivity index (χ1v) is 5.30. The third-order valence-electron chi connectivity index (χ3n) is 2.53. The van der Waals surface area contributed by atoms with Crippen LogP contribution in [0.25, 0.3) is 0 Å². The minimum absolute atomic E-state index is 0.00513. The Bertz CT molecular complexity index is 543. The van der Waals surface area contributed by atoms with Gasteiger partial charge in [0.1, 0.15) is 12.4 Å². The van der Waals surface area contributed by atoms with Crippen LogP contribution in [-0.4, -0.2) is 24.5 Å². The largest absolute Gasteiger partial charge is 0.307 e. The highest BCUT2D eigenvalue weighted by Crippen LogP contribution is 2.12. The zero-order chi connectivity index (χ0) is 12.4. The molecular formula is C10H13N5O2. The van der Waals surface area contributed by atoms with Crippen LogP contribution >= 0.6 is 0 Å². The Morgan fingerprint density at radius 2 is 2.18 bits per heavy atom. The van der Waals surface area contributed by atoms with Crippen molar-refractivity contribution < 1.29 is 4.92 Å². The molecule has 2 rings (SSSR count). The Balaban J connectivity index is 2.19. The van der Waals surface area contributed by atoms with Crippen molar-refractivity contribution in [2.45, 2.75) is 26.9 Å². The lowest BCUT2D eigenvalue weighted by Crippen LogP contribution is -2.00. The van der Waals surface area contributed by atoms with E-state index in [1.807, 2.05) is 24.7 Å². The Labute approximate surface area is 97.8 Å². The molecule has 2 aromatic rings. The van der Waals surface area contributed by atoms with Gasteiger partial charge in [-0.3, -0.25) is 19.5 Å². The summed E-state index contributed by atoms with van der Waals surface area (Å²) in [6.07, 6.45) is 4.60. The molecule has 7 heteroatoms. The summed E-state index contributed by atoms with van der Waals surface area (Å²) < 4.78 is 3.38. The van der Waals surface area contributed by atoms with Gasteiger partial charge in [0.15, 0.2) is 0 Å². The molecule has 0 aliphatic rings. The van der Waals surface area contributed by atoms with Gasteiger partial charge in [-0.1, -0.05) is 0 Å². The zero-order valence-corrected chi connectivity index (χ0v) is 9.70. The first kappa shape index (κ1) is 11.3. The fourth-order valence-electron chi connectivity index (χ4n) is 1.58. The molecule has 0 saturated heterocycles. The van der Waals surface area contributed by atoms with E-state index in [1.165, 1.54) is 12.4 Å². The molecule has 2 heterocycles. The van der Waals surface area contributed by atoms with Crippen molar-refractivity contribution in [3.05, 3.63) is 40.0 Å². The van der Waals surface area contributed by atoms with Gasteiger partial charge in [0.05, 0.1) is 17.2 Å². The van der Waals surface area contributed by atoms with E-state index < -0.39 is 4.92 Å². The Morgan fingerprint density at radius 3 is 2.71 bits per heavy atom. The lowest BCUT2D eigenvalue weighted by atomic mass is 10.3. The summed E-state index contributed by atoms with van der Waals surface area (Å²) in [4.78, 5) is 10.1. The van der Waals surface area contributed by atoms with E-state index in [9.17, 15) is 10.1 Å². The third-order valence-corrected chi connectivity index (χ3v) is 2.53. The van der Waals surface area contributed by atoms with Crippen LogP contribution in [0.15, 0.2) is 18.6 Å². The van der Waals surface area contributed by atoms with Gasteiger partial charge in [0, 0.05) is 18.3 Å². The molecule has 0 fully saturated rings. The number of nitro groups is 1. The highest BCUT2D eigenvalue weighted by atomic mass is 16.6. The normalized spacial score (nSPS) is 10.7. The Kier molecular flexibility index (Phi) is 2.90. The minimum atomic E-state index is -0.453.